The molecule has 0 radical (unpaired) electrons. The first-order valence-electron chi connectivity index (χ1n) is 7.06. The van der Waals surface area contributed by atoms with E-state index in [1.807, 2.05) is 18.2 Å². The summed E-state index contributed by atoms with van der Waals surface area (Å²) >= 11 is 0. The van der Waals surface area contributed by atoms with Gasteiger partial charge in [-0.3, -0.25) is 0 Å². The van der Waals surface area contributed by atoms with E-state index in [-0.39, 0.29) is 5.75 Å². The molecule has 3 N–H and O–H groups in total. The van der Waals surface area contributed by atoms with Gasteiger partial charge in [-0.2, -0.15) is 0 Å². The lowest BCUT2D eigenvalue weighted by molar-refractivity contribution is 0.174. The number of hydrogen-bond donors (Lipinski definition) is 2. The van der Waals surface area contributed by atoms with E-state index >= 15 is 0 Å². The molecule has 0 saturated carbocycles. The van der Waals surface area contributed by atoms with E-state index in [0.29, 0.717) is 25.8 Å². The van der Waals surface area contributed by atoms with Crippen LogP contribution in [0.3, 0.4) is 0 Å². The zero-order valence-corrected chi connectivity index (χ0v) is 13.0. The Kier molecular flexibility index (Phi) is 5.44. The standard InChI is InChI=1S/C14H22N2O4S/c1-11(16-7-2-8-21(15,17)18)3-4-12-5-6-13-14(9-12)20-10-19-13/h5-6,9,11,16H,2-4,7-8,10H2,1H3,(H2,15,17,18). The van der Waals surface area contributed by atoms with Crippen molar-refractivity contribution >= 4 is 10.0 Å². The molecule has 0 saturated heterocycles. The van der Waals surface area contributed by atoms with Gasteiger partial charge in [0, 0.05) is 6.04 Å². The molecule has 0 fully saturated rings. The molecule has 0 aliphatic carbocycles. The molecule has 1 unspecified atom stereocenters. The summed E-state index contributed by atoms with van der Waals surface area (Å²) in [6.45, 7) is 3.03. The van der Waals surface area contributed by atoms with Crippen LogP contribution in [0.4, 0.5) is 0 Å². The number of hydrogen-bond acceptors (Lipinski definition) is 5. The third-order valence-electron chi connectivity index (χ3n) is 3.40. The van der Waals surface area contributed by atoms with Gasteiger partial charge in [0.2, 0.25) is 16.8 Å². The SMILES string of the molecule is CC(CCc1ccc2c(c1)OCO2)NCCCS(N)(=O)=O. The van der Waals surface area contributed by atoms with E-state index in [0.717, 1.165) is 24.3 Å². The van der Waals surface area contributed by atoms with Crippen molar-refractivity contribution < 1.29 is 17.9 Å². The molecule has 1 heterocycles. The number of fused-ring (bicyclic) bond motifs is 1. The Labute approximate surface area is 125 Å². The van der Waals surface area contributed by atoms with Crippen molar-refractivity contribution in [2.24, 2.45) is 5.14 Å². The second-order valence-corrected chi connectivity index (χ2v) is 7.04. The summed E-state index contributed by atoms with van der Waals surface area (Å²) in [6.07, 6.45) is 2.43. The van der Waals surface area contributed by atoms with Gasteiger partial charge in [-0.15, -0.1) is 0 Å². The summed E-state index contributed by atoms with van der Waals surface area (Å²) in [5.41, 5.74) is 1.21. The fourth-order valence-corrected chi connectivity index (χ4v) is 2.75. The first-order valence-corrected chi connectivity index (χ1v) is 8.78. The number of aryl methyl sites for hydroxylation is 1. The highest BCUT2D eigenvalue weighted by Crippen LogP contribution is 2.32. The van der Waals surface area contributed by atoms with Gasteiger partial charge in [-0.05, 0) is 50.4 Å². The zero-order chi connectivity index (χ0) is 15.3. The number of ether oxygens (including phenoxy) is 2. The fraction of sp³-hybridized carbons (Fsp3) is 0.571. The average Bonchev–Trinajstić information content (AvgIpc) is 2.87. The van der Waals surface area contributed by atoms with E-state index in [9.17, 15) is 8.42 Å². The Hall–Kier alpha value is -1.31. The minimum Gasteiger partial charge on any atom is -0.454 e. The highest BCUT2D eigenvalue weighted by molar-refractivity contribution is 7.89. The van der Waals surface area contributed by atoms with Crippen LogP contribution in [0.25, 0.3) is 0 Å². The lowest BCUT2D eigenvalue weighted by Crippen LogP contribution is -2.29. The maximum atomic E-state index is 10.8. The second-order valence-electron chi connectivity index (χ2n) is 5.30. The van der Waals surface area contributed by atoms with E-state index in [4.69, 9.17) is 14.6 Å². The summed E-state index contributed by atoms with van der Waals surface area (Å²) in [7, 11) is -3.35. The van der Waals surface area contributed by atoms with Crippen LogP contribution in [0.1, 0.15) is 25.3 Å². The molecule has 2 rings (SSSR count). The summed E-state index contributed by atoms with van der Waals surface area (Å²) < 4.78 is 32.2. The quantitative estimate of drug-likeness (QED) is 0.699. The van der Waals surface area contributed by atoms with Gasteiger partial charge in [0.1, 0.15) is 0 Å². The van der Waals surface area contributed by atoms with Crippen molar-refractivity contribution in [1.29, 1.82) is 0 Å². The van der Waals surface area contributed by atoms with Crippen molar-refractivity contribution in [2.75, 3.05) is 19.1 Å². The molecule has 0 aromatic heterocycles. The smallest absolute Gasteiger partial charge is 0.231 e. The molecular formula is C14H22N2O4S. The van der Waals surface area contributed by atoms with E-state index < -0.39 is 10.0 Å². The molecule has 0 amide bonds. The summed E-state index contributed by atoms with van der Waals surface area (Å²) in [5.74, 6) is 1.63. The number of nitrogens with one attached hydrogen (secondary N) is 1. The number of benzene rings is 1. The molecule has 1 aliphatic heterocycles. The lowest BCUT2D eigenvalue weighted by Gasteiger charge is -2.13. The summed E-state index contributed by atoms with van der Waals surface area (Å²) in [5, 5.41) is 8.26. The predicted molar refractivity (Wildman–Crippen MR) is 80.9 cm³/mol. The van der Waals surface area contributed by atoms with Gasteiger partial charge in [-0.25, -0.2) is 13.6 Å². The van der Waals surface area contributed by atoms with Crippen molar-refractivity contribution in [1.82, 2.24) is 5.32 Å². The Bertz CT molecular complexity index is 574. The van der Waals surface area contributed by atoms with Gasteiger partial charge in [0.15, 0.2) is 11.5 Å². The number of primary sulfonamides is 1. The maximum Gasteiger partial charge on any atom is 0.231 e. The van der Waals surface area contributed by atoms with E-state index in [2.05, 4.69) is 12.2 Å². The van der Waals surface area contributed by atoms with Gasteiger partial charge in [0.25, 0.3) is 0 Å². The van der Waals surface area contributed by atoms with Crippen LogP contribution in [0.15, 0.2) is 18.2 Å². The third kappa shape index (κ3) is 5.53. The van der Waals surface area contributed by atoms with Crippen LogP contribution >= 0.6 is 0 Å². The number of rotatable bonds is 8. The third-order valence-corrected chi connectivity index (χ3v) is 4.26. The molecule has 21 heavy (non-hydrogen) atoms. The topological polar surface area (TPSA) is 90.7 Å². The number of nitrogens with two attached hydrogens (primary N) is 1. The molecule has 0 spiro atoms. The summed E-state index contributed by atoms with van der Waals surface area (Å²) in [4.78, 5) is 0. The van der Waals surface area contributed by atoms with Crippen LogP contribution in [0.5, 0.6) is 11.5 Å². The average molecular weight is 314 g/mol. The van der Waals surface area contributed by atoms with Crippen LogP contribution in [-0.4, -0.2) is 33.6 Å². The highest BCUT2D eigenvalue weighted by Gasteiger charge is 2.13. The Morgan fingerprint density at radius 1 is 1.33 bits per heavy atom. The molecule has 118 valence electrons. The van der Waals surface area contributed by atoms with Crippen LogP contribution in [0, 0.1) is 0 Å². The fourth-order valence-electron chi connectivity index (χ4n) is 2.20. The first-order chi connectivity index (χ1) is 9.94. The molecular weight excluding hydrogens is 292 g/mol. The predicted octanol–water partition coefficient (Wildman–Crippen LogP) is 1.00. The Balaban J connectivity index is 1.68. The largest absolute Gasteiger partial charge is 0.454 e. The van der Waals surface area contributed by atoms with Crippen molar-refractivity contribution in [2.45, 2.75) is 32.2 Å². The molecule has 0 bridgehead atoms. The normalized spacial score (nSPS) is 15.1. The molecule has 7 heteroatoms. The molecule has 1 aromatic carbocycles. The minimum atomic E-state index is -3.35. The Morgan fingerprint density at radius 2 is 2.10 bits per heavy atom. The highest BCUT2D eigenvalue weighted by atomic mass is 32.2. The van der Waals surface area contributed by atoms with Crippen molar-refractivity contribution in [3.63, 3.8) is 0 Å². The minimum absolute atomic E-state index is 0.0227. The van der Waals surface area contributed by atoms with Gasteiger partial charge < -0.3 is 14.8 Å². The van der Waals surface area contributed by atoms with Gasteiger partial charge in [0.05, 0.1) is 5.75 Å². The zero-order valence-electron chi connectivity index (χ0n) is 12.2. The lowest BCUT2D eigenvalue weighted by atomic mass is 10.1. The monoisotopic (exact) mass is 314 g/mol. The molecule has 6 nitrogen and oxygen atoms in total. The van der Waals surface area contributed by atoms with Crippen LogP contribution < -0.4 is 19.9 Å². The van der Waals surface area contributed by atoms with Gasteiger partial charge in [-0.1, -0.05) is 6.07 Å². The molecule has 1 aromatic rings. The van der Waals surface area contributed by atoms with Crippen LogP contribution in [0.2, 0.25) is 0 Å². The van der Waals surface area contributed by atoms with Crippen molar-refractivity contribution in [3.8, 4) is 11.5 Å². The summed E-state index contributed by atoms with van der Waals surface area (Å²) in [6, 6.07) is 6.30. The van der Waals surface area contributed by atoms with Crippen molar-refractivity contribution in [3.05, 3.63) is 23.8 Å². The Morgan fingerprint density at radius 3 is 2.86 bits per heavy atom. The van der Waals surface area contributed by atoms with E-state index in [1.165, 1.54) is 5.56 Å². The molecule has 1 aliphatic rings. The molecule has 1 atom stereocenters. The second kappa shape index (κ2) is 7.11. The van der Waals surface area contributed by atoms with E-state index in [1.54, 1.807) is 0 Å². The maximum absolute atomic E-state index is 10.8. The van der Waals surface area contributed by atoms with Gasteiger partial charge >= 0.3 is 0 Å². The first kappa shape index (κ1) is 16.1. The van der Waals surface area contributed by atoms with Crippen LogP contribution in [-0.2, 0) is 16.4 Å². The number of sulfonamides is 1.